The summed E-state index contributed by atoms with van der Waals surface area (Å²) in [5, 5.41) is 5.84. The zero-order valence-corrected chi connectivity index (χ0v) is 15.3. The molecule has 0 aliphatic carbocycles. The summed E-state index contributed by atoms with van der Waals surface area (Å²) in [5.41, 5.74) is 1.21. The van der Waals surface area contributed by atoms with Gasteiger partial charge >= 0.3 is 0 Å². The molecule has 2 atom stereocenters. The van der Waals surface area contributed by atoms with Crippen LogP contribution in [0.4, 0.5) is 0 Å². The average Bonchev–Trinajstić information content (AvgIpc) is 3.18. The first-order valence-corrected chi connectivity index (χ1v) is 9.03. The summed E-state index contributed by atoms with van der Waals surface area (Å²) < 4.78 is 10.9. The zero-order valence-electron chi connectivity index (χ0n) is 15.3. The Hall–Kier alpha value is -2.86. The number of carbonyl (C=O) groups excluding carboxylic acids is 2. The lowest BCUT2D eigenvalue weighted by atomic mass is 10.1. The van der Waals surface area contributed by atoms with Crippen LogP contribution in [0.2, 0.25) is 0 Å². The lowest BCUT2D eigenvalue weighted by Gasteiger charge is -2.12. The second kappa shape index (κ2) is 9.19. The van der Waals surface area contributed by atoms with Crippen molar-refractivity contribution in [3.8, 4) is 5.75 Å². The lowest BCUT2D eigenvalue weighted by Crippen LogP contribution is -2.32. The number of nitrogens with one attached hydrogen (secondary N) is 2. The third-order valence-corrected chi connectivity index (χ3v) is 4.57. The molecule has 3 rings (SSSR count). The standard InChI is InChI=1S/C21H24N2O4/c1-26-18-9-5-8-17(11-18)21(25)23-13-19-10-15(14-27-19)12-22-20(24)16-6-3-2-4-7-16/h2-9,11,15,19H,10,12-14H2,1H3,(H,22,24)(H,23,25)/t15-,19+/m1/s1. The van der Waals surface area contributed by atoms with Gasteiger partial charge in [0.1, 0.15) is 5.75 Å². The van der Waals surface area contributed by atoms with E-state index in [1.807, 2.05) is 18.2 Å². The molecule has 0 radical (unpaired) electrons. The van der Waals surface area contributed by atoms with Crippen molar-refractivity contribution in [3.63, 3.8) is 0 Å². The van der Waals surface area contributed by atoms with Crippen molar-refractivity contribution in [1.82, 2.24) is 10.6 Å². The summed E-state index contributed by atoms with van der Waals surface area (Å²) in [7, 11) is 1.57. The van der Waals surface area contributed by atoms with E-state index in [0.29, 0.717) is 36.6 Å². The summed E-state index contributed by atoms with van der Waals surface area (Å²) >= 11 is 0. The maximum Gasteiger partial charge on any atom is 0.251 e. The van der Waals surface area contributed by atoms with Gasteiger partial charge in [-0.2, -0.15) is 0 Å². The van der Waals surface area contributed by atoms with Gasteiger partial charge in [-0.3, -0.25) is 9.59 Å². The van der Waals surface area contributed by atoms with Crippen LogP contribution < -0.4 is 15.4 Å². The molecule has 27 heavy (non-hydrogen) atoms. The number of hydrogen-bond donors (Lipinski definition) is 2. The van der Waals surface area contributed by atoms with Crippen LogP contribution in [0, 0.1) is 5.92 Å². The van der Waals surface area contributed by atoms with E-state index >= 15 is 0 Å². The Morgan fingerprint density at radius 2 is 1.70 bits per heavy atom. The second-order valence-electron chi connectivity index (χ2n) is 6.58. The van der Waals surface area contributed by atoms with Gasteiger partial charge in [0, 0.05) is 30.1 Å². The maximum absolute atomic E-state index is 12.2. The minimum atomic E-state index is -0.154. The molecule has 2 N–H and O–H groups in total. The van der Waals surface area contributed by atoms with Crippen molar-refractivity contribution in [2.75, 3.05) is 26.8 Å². The van der Waals surface area contributed by atoms with Gasteiger partial charge in [0.15, 0.2) is 0 Å². The molecule has 1 aliphatic heterocycles. The van der Waals surface area contributed by atoms with E-state index in [1.54, 1.807) is 43.5 Å². The fourth-order valence-electron chi connectivity index (χ4n) is 3.07. The van der Waals surface area contributed by atoms with Crippen molar-refractivity contribution in [3.05, 3.63) is 65.7 Å². The maximum atomic E-state index is 12.2. The number of methoxy groups -OCH3 is 1. The Kier molecular flexibility index (Phi) is 6.44. The number of carbonyl (C=O) groups is 2. The highest BCUT2D eigenvalue weighted by Gasteiger charge is 2.26. The number of ether oxygens (including phenoxy) is 2. The molecule has 0 saturated carbocycles. The molecule has 0 aromatic heterocycles. The van der Waals surface area contributed by atoms with Crippen molar-refractivity contribution < 1.29 is 19.1 Å². The van der Waals surface area contributed by atoms with Gasteiger partial charge in [-0.15, -0.1) is 0 Å². The van der Waals surface area contributed by atoms with E-state index in [9.17, 15) is 9.59 Å². The lowest BCUT2D eigenvalue weighted by molar-refractivity contribution is 0.0843. The van der Waals surface area contributed by atoms with Crippen LogP contribution in [0.25, 0.3) is 0 Å². The fraction of sp³-hybridized carbons (Fsp3) is 0.333. The van der Waals surface area contributed by atoms with Crippen molar-refractivity contribution in [2.45, 2.75) is 12.5 Å². The largest absolute Gasteiger partial charge is 0.497 e. The monoisotopic (exact) mass is 368 g/mol. The third-order valence-electron chi connectivity index (χ3n) is 4.57. The molecule has 0 bridgehead atoms. The molecule has 6 heteroatoms. The number of amides is 2. The highest BCUT2D eigenvalue weighted by atomic mass is 16.5. The van der Waals surface area contributed by atoms with E-state index in [-0.39, 0.29) is 23.8 Å². The van der Waals surface area contributed by atoms with Crippen LogP contribution in [0.5, 0.6) is 5.75 Å². The smallest absolute Gasteiger partial charge is 0.251 e. The molecule has 2 aromatic carbocycles. The van der Waals surface area contributed by atoms with Crippen LogP contribution >= 0.6 is 0 Å². The van der Waals surface area contributed by atoms with Crippen molar-refractivity contribution >= 4 is 11.8 Å². The SMILES string of the molecule is COc1cccc(C(=O)NC[C@@H]2C[C@H](CNC(=O)c3ccccc3)CO2)c1. The van der Waals surface area contributed by atoms with Crippen molar-refractivity contribution in [1.29, 1.82) is 0 Å². The van der Waals surface area contributed by atoms with Crippen LogP contribution in [0.3, 0.4) is 0 Å². The molecular formula is C21H24N2O4. The highest BCUT2D eigenvalue weighted by Crippen LogP contribution is 2.19. The highest BCUT2D eigenvalue weighted by molar-refractivity contribution is 5.94. The minimum absolute atomic E-state index is 0.0433. The molecule has 0 unspecified atom stereocenters. The van der Waals surface area contributed by atoms with Crippen LogP contribution in [-0.2, 0) is 4.74 Å². The number of rotatable bonds is 7. The molecule has 2 aromatic rings. The Balaban J connectivity index is 1.40. The van der Waals surface area contributed by atoms with E-state index in [2.05, 4.69) is 10.6 Å². The molecule has 1 fully saturated rings. The summed E-state index contributed by atoms with van der Waals surface area (Å²) in [5.74, 6) is 0.661. The van der Waals surface area contributed by atoms with Gasteiger partial charge in [-0.05, 0) is 36.8 Å². The van der Waals surface area contributed by atoms with Gasteiger partial charge in [-0.1, -0.05) is 24.3 Å². The predicted octanol–water partition coefficient (Wildman–Crippen LogP) is 2.26. The van der Waals surface area contributed by atoms with Gasteiger partial charge in [0.2, 0.25) is 0 Å². The molecule has 142 valence electrons. The predicted molar refractivity (Wildman–Crippen MR) is 102 cm³/mol. The van der Waals surface area contributed by atoms with Crippen LogP contribution in [-0.4, -0.2) is 44.7 Å². The van der Waals surface area contributed by atoms with E-state index in [4.69, 9.17) is 9.47 Å². The Labute approximate surface area is 158 Å². The Morgan fingerprint density at radius 3 is 2.48 bits per heavy atom. The normalized spacial score (nSPS) is 18.7. The summed E-state index contributed by atoms with van der Waals surface area (Å²) in [6.45, 7) is 1.59. The quantitative estimate of drug-likeness (QED) is 0.786. The summed E-state index contributed by atoms with van der Waals surface area (Å²) in [4.78, 5) is 24.3. The first kappa shape index (κ1) is 18.9. The number of benzene rings is 2. The van der Waals surface area contributed by atoms with Gasteiger partial charge in [-0.25, -0.2) is 0 Å². The van der Waals surface area contributed by atoms with E-state index in [0.717, 1.165) is 6.42 Å². The van der Waals surface area contributed by atoms with Gasteiger partial charge < -0.3 is 20.1 Å². The first-order chi connectivity index (χ1) is 13.2. The first-order valence-electron chi connectivity index (χ1n) is 9.03. The molecule has 2 amide bonds. The molecular weight excluding hydrogens is 344 g/mol. The summed E-state index contributed by atoms with van der Waals surface area (Å²) in [6, 6.07) is 16.2. The van der Waals surface area contributed by atoms with E-state index in [1.165, 1.54) is 0 Å². The van der Waals surface area contributed by atoms with Crippen LogP contribution in [0.15, 0.2) is 54.6 Å². The van der Waals surface area contributed by atoms with E-state index < -0.39 is 0 Å². The minimum Gasteiger partial charge on any atom is -0.497 e. The molecule has 6 nitrogen and oxygen atoms in total. The van der Waals surface area contributed by atoms with Crippen molar-refractivity contribution in [2.24, 2.45) is 5.92 Å². The topological polar surface area (TPSA) is 76.7 Å². The molecule has 1 heterocycles. The Morgan fingerprint density at radius 1 is 1.00 bits per heavy atom. The fourth-order valence-corrected chi connectivity index (χ4v) is 3.07. The van der Waals surface area contributed by atoms with Gasteiger partial charge in [0.05, 0.1) is 19.8 Å². The molecule has 0 spiro atoms. The van der Waals surface area contributed by atoms with Gasteiger partial charge in [0.25, 0.3) is 11.8 Å². The summed E-state index contributed by atoms with van der Waals surface area (Å²) in [6.07, 6.45) is 0.756. The average molecular weight is 368 g/mol. The molecule has 1 aliphatic rings. The number of hydrogen-bond acceptors (Lipinski definition) is 4. The zero-order chi connectivity index (χ0) is 19.1. The third kappa shape index (κ3) is 5.31. The second-order valence-corrected chi connectivity index (χ2v) is 6.58. The molecule has 1 saturated heterocycles. The van der Waals surface area contributed by atoms with Crippen LogP contribution in [0.1, 0.15) is 27.1 Å². The Bertz CT molecular complexity index is 779.